The predicted octanol–water partition coefficient (Wildman–Crippen LogP) is 1.33. The van der Waals surface area contributed by atoms with E-state index in [1.54, 1.807) is 11.3 Å². The molecule has 13 heavy (non-hydrogen) atoms. The summed E-state index contributed by atoms with van der Waals surface area (Å²) in [4.78, 5) is 6.67. The van der Waals surface area contributed by atoms with Gasteiger partial charge in [0.2, 0.25) is 0 Å². The Labute approximate surface area is 82.8 Å². The first-order valence-electron chi connectivity index (χ1n) is 4.57. The summed E-state index contributed by atoms with van der Waals surface area (Å²) in [5.41, 5.74) is 0.212. The third-order valence-electron chi connectivity index (χ3n) is 2.26. The van der Waals surface area contributed by atoms with E-state index in [1.807, 2.05) is 11.6 Å². The maximum atomic E-state index is 4.32. The quantitative estimate of drug-likeness (QED) is 0.736. The number of nitrogens with one attached hydrogen (secondary N) is 1. The molecule has 0 aromatic carbocycles. The molecule has 0 spiro atoms. The second-order valence-electron chi connectivity index (χ2n) is 4.05. The fourth-order valence-electron chi connectivity index (χ4n) is 1.68. The average Bonchev–Trinajstić information content (AvgIpc) is 2.53. The van der Waals surface area contributed by atoms with E-state index in [2.05, 4.69) is 29.0 Å². The monoisotopic (exact) mass is 197 g/mol. The molecule has 1 saturated heterocycles. The summed E-state index contributed by atoms with van der Waals surface area (Å²) in [7, 11) is 0. The van der Waals surface area contributed by atoms with Crippen molar-refractivity contribution in [1.82, 2.24) is 10.3 Å². The van der Waals surface area contributed by atoms with Gasteiger partial charge in [0, 0.05) is 36.8 Å². The molecule has 72 valence electrons. The Balaban J connectivity index is 2.09. The van der Waals surface area contributed by atoms with Crippen LogP contribution in [0.3, 0.4) is 0 Å². The first-order chi connectivity index (χ1) is 6.17. The van der Waals surface area contributed by atoms with Crippen molar-refractivity contribution in [2.45, 2.75) is 19.4 Å². The molecule has 1 aromatic heterocycles. The zero-order valence-corrected chi connectivity index (χ0v) is 8.90. The van der Waals surface area contributed by atoms with Crippen molar-refractivity contribution in [3.05, 3.63) is 11.6 Å². The van der Waals surface area contributed by atoms with E-state index in [0.29, 0.717) is 0 Å². The highest BCUT2D eigenvalue weighted by atomic mass is 32.1. The minimum atomic E-state index is 0.212. The van der Waals surface area contributed by atoms with Gasteiger partial charge < -0.3 is 10.2 Å². The predicted molar refractivity (Wildman–Crippen MR) is 56.4 cm³/mol. The van der Waals surface area contributed by atoms with Crippen LogP contribution >= 0.6 is 11.3 Å². The molecule has 1 aliphatic rings. The number of anilines is 1. The summed E-state index contributed by atoms with van der Waals surface area (Å²) in [6.45, 7) is 7.61. The van der Waals surface area contributed by atoms with Gasteiger partial charge >= 0.3 is 0 Å². The lowest BCUT2D eigenvalue weighted by molar-refractivity contribution is 0.353. The zero-order valence-electron chi connectivity index (χ0n) is 8.08. The normalized spacial score (nSPS) is 21.8. The van der Waals surface area contributed by atoms with Crippen molar-refractivity contribution in [1.29, 1.82) is 0 Å². The van der Waals surface area contributed by atoms with E-state index in [4.69, 9.17) is 0 Å². The number of piperazine rings is 1. The molecular formula is C9H15N3S. The second-order valence-corrected chi connectivity index (χ2v) is 4.92. The van der Waals surface area contributed by atoms with Gasteiger partial charge in [-0.2, -0.15) is 0 Å². The largest absolute Gasteiger partial charge is 0.345 e. The first-order valence-corrected chi connectivity index (χ1v) is 5.45. The molecule has 0 bridgehead atoms. The van der Waals surface area contributed by atoms with Gasteiger partial charge in [-0.25, -0.2) is 4.98 Å². The van der Waals surface area contributed by atoms with E-state index in [9.17, 15) is 0 Å². The average molecular weight is 197 g/mol. The third-order valence-corrected chi connectivity index (χ3v) is 3.09. The number of hydrogen-bond donors (Lipinski definition) is 1. The van der Waals surface area contributed by atoms with Crippen LogP contribution in [0.2, 0.25) is 0 Å². The maximum Gasteiger partial charge on any atom is 0.185 e. The van der Waals surface area contributed by atoms with Gasteiger partial charge in [0.1, 0.15) is 0 Å². The van der Waals surface area contributed by atoms with Crippen LogP contribution in [0.25, 0.3) is 0 Å². The molecule has 0 radical (unpaired) electrons. The lowest BCUT2D eigenvalue weighted by atomic mass is 10.0. The lowest BCUT2D eigenvalue weighted by Crippen LogP contribution is -2.57. The molecule has 0 amide bonds. The molecule has 1 aliphatic heterocycles. The van der Waals surface area contributed by atoms with Crippen LogP contribution in [-0.2, 0) is 0 Å². The van der Waals surface area contributed by atoms with Crippen molar-refractivity contribution < 1.29 is 0 Å². The molecule has 0 saturated carbocycles. The van der Waals surface area contributed by atoms with E-state index in [0.717, 1.165) is 24.8 Å². The number of thiazole rings is 1. The van der Waals surface area contributed by atoms with E-state index in [1.165, 1.54) is 0 Å². The van der Waals surface area contributed by atoms with Gasteiger partial charge in [0.15, 0.2) is 5.13 Å². The lowest BCUT2D eigenvalue weighted by Gasteiger charge is -2.38. The highest BCUT2D eigenvalue weighted by molar-refractivity contribution is 7.13. The molecule has 4 heteroatoms. The fourth-order valence-corrected chi connectivity index (χ4v) is 2.35. The molecule has 0 aliphatic carbocycles. The van der Waals surface area contributed by atoms with Crippen LogP contribution in [-0.4, -0.2) is 30.2 Å². The van der Waals surface area contributed by atoms with Crippen molar-refractivity contribution in [2.24, 2.45) is 0 Å². The number of hydrogen-bond acceptors (Lipinski definition) is 4. The van der Waals surface area contributed by atoms with Crippen LogP contribution in [0.4, 0.5) is 5.13 Å². The second kappa shape index (κ2) is 3.27. The Morgan fingerprint density at radius 3 is 3.08 bits per heavy atom. The Bertz CT molecular complexity index is 268. The van der Waals surface area contributed by atoms with Crippen LogP contribution in [0.5, 0.6) is 0 Å². The van der Waals surface area contributed by atoms with Gasteiger partial charge in [-0.05, 0) is 13.8 Å². The molecule has 3 nitrogen and oxygen atoms in total. The first kappa shape index (κ1) is 8.97. The standard InChI is InChI=1S/C9H15N3S/c1-9(2)7-12(5-3-11-9)8-10-4-6-13-8/h4,6,11H,3,5,7H2,1-2H3. The Hall–Kier alpha value is -0.610. The molecule has 0 atom stereocenters. The van der Waals surface area contributed by atoms with E-state index >= 15 is 0 Å². The number of rotatable bonds is 1. The Kier molecular flexibility index (Phi) is 2.26. The smallest absolute Gasteiger partial charge is 0.185 e. The molecule has 2 rings (SSSR count). The highest BCUT2D eigenvalue weighted by Gasteiger charge is 2.26. The topological polar surface area (TPSA) is 28.2 Å². The minimum Gasteiger partial charge on any atom is -0.345 e. The summed E-state index contributed by atoms with van der Waals surface area (Å²) in [5, 5.41) is 6.67. The molecule has 1 fully saturated rings. The van der Waals surface area contributed by atoms with Gasteiger partial charge in [-0.3, -0.25) is 0 Å². The minimum absolute atomic E-state index is 0.212. The maximum absolute atomic E-state index is 4.32. The van der Waals surface area contributed by atoms with Gasteiger partial charge in [-0.1, -0.05) is 0 Å². The molecule has 1 aromatic rings. The van der Waals surface area contributed by atoms with Crippen molar-refractivity contribution in [2.75, 3.05) is 24.5 Å². The summed E-state index contributed by atoms with van der Waals surface area (Å²) in [5.74, 6) is 0. The summed E-state index contributed by atoms with van der Waals surface area (Å²) in [6.07, 6.45) is 1.87. The molecule has 1 N–H and O–H groups in total. The van der Waals surface area contributed by atoms with Crippen molar-refractivity contribution in [3.63, 3.8) is 0 Å². The molecule has 2 heterocycles. The molecular weight excluding hydrogens is 182 g/mol. The van der Waals surface area contributed by atoms with Crippen LogP contribution in [0, 0.1) is 0 Å². The van der Waals surface area contributed by atoms with Gasteiger partial charge in [0.25, 0.3) is 0 Å². The highest BCUT2D eigenvalue weighted by Crippen LogP contribution is 2.21. The van der Waals surface area contributed by atoms with Gasteiger partial charge in [-0.15, -0.1) is 11.3 Å². The van der Waals surface area contributed by atoms with Crippen molar-refractivity contribution in [3.8, 4) is 0 Å². The molecule has 0 unspecified atom stereocenters. The van der Waals surface area contributed by atoms with Crippen LogP contribution < -0.4 is 10.2 Å². The summed E-state index contributed by atoms with van der Waals surface area (Å²) in [6, 6.07) is 0. The Morgan fingerprint density at radius 2 is 2.46 bits per heavy atom. The SMILES string of the molecule is CC1(C)CN(c2nccs2)CCN1. The number of aromatic nitrogens is 1. The number of nitrogens with zero attached hydrogens (tertiary/aromatic N) is 2. The van der Waals surface area contributed by atoms with Gasteiger partial charge in [0.05, 0.1) is 0 Å². The third kappa shape index (κ3) is 2.00. The fraction of sp³-hybridized carbons (Fsp3) is 0.667. The Morgan fingerprint density at radius 1 is 1.62 bits per heavy atom. The summed E-state index contributed by atoms with van der Waals surface area (Å²) < 4.78 is 0. The summed E-state index contributed by atoms with van der Waals surface area (Å²) >= 11 is 1.72. The zero-order chi connectivity index (χ0) is 9.31. The van der Waals surface area contributed by atoms with E-state index < -0.39 is 0 Å². The van der Waals surface area contributed by atoms with Crippen molar-refractivity contribution >= 4 is 16.5 Å². The van der Waals surface area contributed by atoms with Crippen LogP contribution in [0.1, 0.15) is 13.8 Å². The van der Waals surface area contributed by atoms with Crippen LogP contribution in [0.15, 0.2) is 11.6 Å². The van der Waals surface area contributed by atoms with E-state index in [-0.39, 0.29) is 5.54 Å².